The maximum atomic E-state index is 6.51. The molecule has 0 atom stereocenters. The van der Waals surface area contributed by atoms with Gasteiger partial charge in [0.2, 0.25) is 0 Å². The molecule has 4 rings (SSSR count). The van der Waals surface area contributed by atoms with Gasteiger partial charge in [-0.3, -0.25) is 15.0 Å². The van der Waals surface area contributed by atoms with Gasteiger partial charge in [0.05, 0.1) is 15.8 Å². The molecule has 0 saturated carbocycles. The highest BCUT2D eigenvalue weighted by Gasteiger charge is 2.15. The number of aromatic nitrogens is 2. The molecule has 6 nitrogen and oxygen atoms in total. The number of rotatable bonds is 6. The second-order valence-corrected chi connectivity index (χ2v) is 8.80. The fraction of sp³-hybridized carbons (Fsp3) is 0.200. The maximum Gasteiger partial charge on any atom is 0.146 e. The van der Waals surface area contributed by atoms with E-state index in [0.717, 1.165) is 56.3 Å². The Labute approximate surface area is 202 Å². The first kappa shape index (κ1) is 23.0. The van der Waals surface area contributed by atoms with Gasteiger partial charge >= 0.3 is 0 Å². The van der Waals surface area contributed by atoms with Crippen LogP contribution in [-0.4, -0.2) is 34.3 Å². The number of ether oxygens (including phenoxy) is 1. The van der Waals surface area contributed by atoms with E-state index in [1.165, 1.54) is 6.20 Å². The lowest BCUT2D eigenvalue weighted by atomic mass is 10.0. The van der Waals surface area contributed by atoms with Crippen LogP contribution in [0.4, 0.5) is 0 Å². The zero-order valence-electron chi connectivity index (χ0n) is 18.5. The van der Waals surface area contributed by atoms with Crippen molar-refractivity contribution in [1.29, 1.82) is 0 Å². The Morgan fingerprint density at radius 3 is 2.97 bits per heavy atom. The fourth-order valence-electron chi connectivity index (χ4n) is 3.54. The second-order valence-electron chi connectivity index (χ2n) is 7.33. The van der Waals surface area contributed by atoms with Gasteiger partial charge in [-0.1, -0.05) is 41.6 Å². The van der Waals surface area contributed by atoms with E-state index in [4.69, 9.17) is 27.1 Å². The Morgan fingerprint density at radius 1 is 1.33 bits per heavy atom. The SMILES string of the molecule is CN=C(/C=C\N)c1cc(C)nc2c(OCc3c(Cl)cncc3SC3=NCCC=C3)cccc12. The first-order valence-corrected chi connectivity index (χ1v) is 11.7. The molecule has 33 heavy (non-hydrogen) atoms. The van der Waals surface area contributed by atoms with Gasteiger partial charge in [0, 0.05) is 53.1 Å². The van der Waals surface area contributed by atoms with Crippen molar-refractivity contribution in [1.82, 2.24) is 9.97 Å². The minimum absolute atomic E-state index is 0.280. The Morgan fingerprint density at radius 2 is 2.21 bits per heavy atom. The van der Waals surface area contributed by atoms with Crippen LogP contribution < -0.4 is 10.5 Å². The molecule has 0 saturated heterocycles. The molecule has 1 aliphatic heterocycles. The Kier molecular flexibility index (Phi) is 7.42. The average molecular weight is 478 g/mol. The number of nitrogens with zero attached hydrogens (tertiary/aromatic N) is 4. The molecule has 0 radical (unpaired) electrons. The maximum absolute atomic E-state index is 6.51. The predicted molar refractivity (Wildman–Crippen MR) is 138 cm³/mol. The van der Waals surface area contributed by atoms with Crippen LogP contribution in [0.15, 0.2) is 76.0 Å². The number of aliphatic imine (C=N–C) groups is 2. The topological polar surface area (TPSA) is 85.8 Å². The zero-order valence-corrected chi connectivity index (χ0v) is 20.0. The number of allylic oxidation sites excluding steroid dienone is 1. The van der Waals surface area contributed by atoms with Gasteiger partial charge in [-0.2, -0.15) is 0 Å². The highest BCUT2D eigenvalue weighted by atomic mass is 35.5. The summed E-state index contributed by atoms with van der Waals surface area (Å²) in [6.45, 7) is 3.03. The molecule has 0 amide bonds. The summed E-state index contributed by atoms with van der Waals surface area (Å²) in [5.74, 6) is 0.670. The van der Waals surface area contributed by atoms with Crippen molar-refractivity contribution < 1.29 is 4.74 Å². The third-order valence-corrected chi connectivity index (χ3v) is 6.45. The highest BCUT2D eigenvalue weighted by Crippen LogP contribution is 2.33. The van der Waals surface area contributed by atoms with Crippen molar-refractivity contribution in [3.8, 4) is 5.75 Å². The quantitative estimate of drug-likeness (QED) is 0.473. The molecule has 1 aromatic carbocycles. The van der Waals surface area contributed by atoms with E-state index in [2.05, 4.69) is 21.0 Å². The van der Waals surface area contributed by atoms with Gasteiger partial charge in [-0.25, -0.2) is 4.98 Å². The number of thioether (sulfide) groups is 1. The van der Waals surface area contributed by atoms with E-state index in [-0.39, 0.29) is 6.61 Å². The summed E-state index contributed by atoms with van der Waals surface area (Å²) in [7, 11) is 1.74. The van der Waals surface area contributed by atoms with E-state index >= 15 is 0 Å². The van der Waals surface area contributed by atoms with Crippen molar-refractivity contribution >= 4 is 45.0 Å². The van der Waals surface area contributed by atoms with Gasteiger partial charge in [0.1, 0.15) is 17.9 Å². The standard InChI is InChI=1S/C25H24ClN5OS/c1-16-12-18(21(28-2)9-10-27)17-6-5-7-22(25(17)31-16)32-15-19-20(26)13-29-14-23(19)33-24-8-3-4-11-30-24/h3,5-10,12-14H,4,11,15,27H2,1-2H3/b10-9-,28-21?. The van der Waals surface area contributed by atoms with Crippen molar-refractivity contribution in [2.75, 3.05) is 13.6 Å². The average Bonchev–Trinajstić information content (AvgIpc) is 2.82. The molecule has 0 fully saturated rings. The Hall–Kier alpha value is -3.16. The lowest BCUT2D eigenvalue weighted by molar-refractivity contribution is 0.306. The zero-order chi connectivity index (χ0) is 23.2. The molecule has 0 spiro atoms. The van der Waals surface area contributed by atoms with E-state index in [9.17, 15) is 0 Å². The van der Waals surface area contributed by atoms with Crippen LogP contribution in [0.25, 0.3) is 10.9 Å². The van der Waals surface area contributed by atoms with E-state index in [0.29, 0.717) is 10.8 Å². The molecule has 3 aromatic rings. The van der Waals surface area contributed by atoms with E-state index in [1.807, 2.05) is 37.3 Å². The number of para-hydroxylation sites is 1. The van der Waals surface area contributed by atoms with Gasteiger partial charge in [0.25, 0.3) is 0 Å². The largest absolute Gasteiger partial charge is 0.487 e. The number of aryl methyl sites for hydroxylation is 1. The summed E-state index contributed by atoms with van der Waals surface area (Å²) < 4.78 is 6.27. The highest BCUT2D eigenvalue weighted by molar-refractivity contribution is 8.14. The molecule has 2 N–H and O–H groups in total. The minimum atomic E-state index is 0.280. The number of dihydropyridines is 1. The van der Waals surface area contributed by atoms with Gasteiger partial charge in [-0.05, 0) is 43.8 Å². The molecule has 0 aliphatic carbocycles. The lowest BCUT2D eigenvalue weighted by Crippen LogP contribution is -2.05. The van der Waals surface area contributed by atoms with Crippen molar-refractivity contribution in [2.45, 2.75) is 24.8 Å². The molecular weight excluding hydrogens is 454 g/mol. The monoisotopic (exact) mass is 477 g/mol. The normalized spacial score (nSPS) is 14.2. The molecule has 2 aromatic heterocycles. The number of pyridine rings is 2. The summed E-state index contributed by atoms with van der Waals surface area (Å²) >= 11 is 8.06. The summed E-state index contributed by atoms with van der Waals surface area (Å²) in [5, 5.41) is 2.44. The van der Waals surface area contributed by atoms with Crippen molar-refractivity contribution in [3.05, 3.63) is 82.9 Å². The number of halogens is 1. The predicted octanol–water partition coefficient (Wildman–Crippen LogP) is 5.51. The fourth-order valence-corrected chi connectivity index (χ4v) is 4.76. The van der Waals surface area contributed by atoms with Crippen molar-refractivity contribution in [3.63, 3.8) is 0 Å². The van der Waals surface area contributed by atoms with Crippen LogP contribution in [0.2, 0.25) is 5.02 Å². The molecule has 0 bridgehead atoms. The molecule has 8 heteroatoms. The van der Waals surface area contributed by atoms with Crippen LogP contribution in [0.5, 0.6) is 5.75 Å². The van der Waals surface area contributed by atoms with Gasteiger partial charge < -0.3 is 10.5 Å². The number of hydrogen-bond donors (Lipinski definition) is 1. The smallest absolute Gasteiger partial charge is 0.146 e. The number of hydrogen-bond acceptors (Lipinski definition) is 7. The molecule has 1 aliphatic rings. The minimum Gasteiger partial charge on any atom is -0.487 e. The van der Waals surface area contributed by atoms with E-state index < -0.39 is 0 Å². The molecular formula is C25H24ClN5OS. The summed E-state index contributed by atoms with van der Waals surface area (Å²) in [6.07, 6.45) is 11.8. The number of benzene rings is 1. The molecule has 0 unspecified atom stereocenters. The van der Waals surface area contributed by atoms with Crippen molar-refractivity contribution in [2.24, 2.45) is 15.7 Å². The first-order valence-electron chi connectivity index (χ1n) is 10.5. The third kappa shape index (κ3) is 5.26. The summed E-state index contributed by atoms with van der Waals surface area (Å²) in [4.78, 5) is 18.9. The van der Waals surface area contributed by atoms with Crippen LogP contribution >= 0.6 is 23.4 Å². The Balaban J connectivity index is 1.68. The summed E-state index contributed by atoms with van der Waals surface area (Å²) in [5.41, 5.74) is 9.85. The number of fused-ring (bicyclic) bond motifs is 1. The number of nitrogens with two attached hydrogens (primary N) is 1. The molecule has 168 valence electrons. The lowest BCUT2D eigenvalue weighted by Gasteiger charge is -2.15. The van der Waals surface area contributed by atoms with E-state index in [1.54, 1.807) is 37.3 Å². The molecule has 3 heterocycles. The van der Waals surface area contributed by atoms with Gasteiger partial charge in [-0.15, -0.1) is 0 Å². The van der Waals surface area contributed by atoms with Crippen LogP contribution in [-0.2, 0) is 6.61 Å². The van der Waals surface area contributed by atoms with Crippen LogP contribution in [0, 0.1) is 6.92 Å². The first-order chi connectivity index (χ1) is 16.1. The Bertz CT molecular complexity index is 1300. The van der Waals surface area contributed by atoms with Crippen LogP contribution in [0.1, 0.15) is 23.2 Å². The van der Waals surface area contributed by atoms with Gasteiger partial charge in [0.15, 0.2) is 0 Å². The second kappa shape index (κ2) is 10.6. The summed E-state index contributed by atoms with van der Waals surface area (Å²) in [6, 6.07) is 7.87. The van der Waals surface area contributed by atoms with Crippen LogP contribution in [0.3, 0.4) is 0 Å². The third-order valence-electron chi connectivity index (χ3n) is 5.08.